The third-order valence-electron chi connectivity index (χ3n) is 9.42. The maximum atomic E-state index is 11.4. The molecule has 51 heavy (non-hydrogen) atoms. The van der Waals surface area contributed by atoms with Gasteiger partial charge in [0.25, 0.3) is 0 Å². The zero-order valence-corrected chi connectivity index (χ0v) is 26.9. The fraction of sp³-hybridized carbons (Fsp3) is 0.0952. The van der Waals surface area contributed by atoms with Gasteiger partial charge >= 0.3 is 0 Å². The molecule has 9 heteroatoms. The maximum absolute atomic E-state index is 11.4. The number of phenols is 7. The normalized spacial score (nSPS) is 19.0. The van der Waals surface area contributed by atoms with Crippen molar-refractivity contribution in [3.8, 4) is 51.7 Å². The standard InChI is InChI=1S/C42H32O9/c43-28-8-4-24(5-9-28)41-38(26-16-30(45)20-31(46)17-26)34-13-22(3-12-36(34)50-41)1-2-23-14-35(49)40-37(15-23)51-42(25-6-10-29(44)11-7-25)39(40)27-18-32(47)21-33(48)19-27/h1-21,38-39,41-49H/b2-1+. The minimum Gasteiger partial charge on any atom is -0.508 e. The monoisotopic (exact) mass is 680 g/mol. The fourth-order valence-electron chi connectivity index (χ4n) is 7.22. The number of rotatable bonds is 6. The zero-order chi connectivity index (χ0) is 35.4. The van der Waals surface area contributed by atoms with Crippen LogP contribution in [0.25, 0.3) is 12.2 Å². The maximum Gasteiger partial charge on any atom is 0.135 e. The minimum atomic E-state index is -0.626. The molecule has 0 radical (unpaired) electrons. The predicted molar refractivity (Wildman–Crippen MR) is 190 cm³/mol. The van der Waals surface area contributed by atoms with Gasteiger partial charge in [-0.25, -0.2) is 0 Å². The highest BCUT2D eigenvalue weighted by molar-refractivity contribution is 5.74. The van der Waals surface area contributed by atoms with Gasteiger partial charge in [-0.1, -0.05) is 42.5 Å². The van der Waals surface area contributed by atoms with E-state index in [1.165, 1.54) is 24.3 Å². The van der Waals surface area contributed by atoms with Gasteiger partial charge in [0.2, 0.25) is 0 Å². The topological polar surface area (TPSA) is 160 Å². The van der Waals surface area contributed by atoms with Crippen molar-refractivity contribution in [3.05, 3.63) is 160 Å². The van der Waals surface area contributed by atoms with E-state index in [0.717, 1.165) is 22.3 Å². The Morgan fingerprint density at radius 3 is 1.45 bits per heavy atom. The van der Waals surface area contributed by atoms with E-state index in [2.05, 4.69) is 0 Å². The second-order valence-corrected chi connectivity index (χ2v) is 12.9. The van der Waals surface area contributed by atoms with E-state index in [9.17, 15) is 35.7 Å². The SMILES string of the molecule is Oc1ccc(C2Oc3ccc(/C=C/c4cc(O)c5c(c4)OC(c4ccc(O)cc4)C5c4cc(O)cc(O)c4)cc3C2c2cc(O)cc(O)c2)cc1. The first kappa shape index (κ1) is 31.5. The highest BCUT2D eigenvalue weighted by Gasteiger charge is 2.40. The van der Waals surface area contributed by atoms with Crippen LogP contribution in [0.2, 0.25) is 0 Å². The number of phenolic OH excluding ortho intramolecular Hbond substituents is 7. The lowest BCUT2D eigenvalue weighted by Crippen LogP contribution is -2.11. The number of aromatic hydroxyl groups is 7. The Hall–Kier alpha value is -6.74. The Balaban J connectivity index is 1.15. The van der Waals surface area contributed by atoms with E-state index in [4.69, 9.17) is 9.47 Å². The molecule has 8 rings (SSSR count). The summed E-state index contributed by atoms with van der Waals surface area (Å²) in [6, 6.07) is 31.3. The smallest absolute Gasteiger partial charge is 0.135 e. The van der Waals surface area contributed by atoms with Gasteiger partial charge in [0, 0.05) is 23.3 Å². The average molecular weight is 681 g/mol. The van der Waals surface area contributed by atoms with Crippen LogP contribution in [-0.4, -0.2) is 35.7 Å². The summed E-state index contributed by atoms with van der Waals surface area (Å²) in [6.45, 7) is 0. The van der Waals surface area contributed by atoms with Crippen LogP contribution < -0.4 is 9.47 Å². The van der Waals surface area contributed by atoms with Crippen LogP contribution in [0.1, 0.15) is 68.6 Å². The largest absolute Gasteiger partial charge is 0.508 e. The Morgan fingerprint density at radius 1 is 0.392 bits per heavy atom. The van der Waals surface area contributed by atoms with Gasteiger partial charge in [-0.05, 0) is 106 Å². The summed E-state index contributed by atoms with van der Waals surface area (Å²) >= 11 is 0. The van der Waals surface area contributed by atoms with E-state index in [1.807, 2.05) is 36.4 Å². The highest BCUT2D eigenvalue weighted by atomic mass is 16.5. The molecule has 0 aromatic heterocycles. The molecule has 0 saturated heterocycles. The molecule has 2 heterocycles. The van der Waals surface area contributed by atoms with Crippen molar-refractivity contribution in [1.29, 1.82) is 0 Å². The van der Waals surface area contributed by atoms with E-state index < -0.39 is 18.1 Å². The Morgan fingerprint density at radius 2 is 0.882 bits per heavy atom. The summed E-state index contributed by atoms with van der Waals surface area (Å²) in [5, 5.41) is 72.5. The summed E-state index contributed by atoms with van der Waals surface area (Å²) in [5.74, 6) is -0.0946. The number of benzene rings is 6. The van der Waals surface area contributed by atoms with Crippen LogP contribution >= 0.6 is 0 Å². The van der Waals surface area contributed by atoms with Crippen LogP contribution in [0, 0.1) is 0 Å². The molecule has 4 atom stereocenters. The van der Waals surface area contributed by atoms with Crippen LogP contribution in [0.4, 0.5) is 0 Å². The van der Waals surface area contributed by atoms with Crippen LogP contribution in [-0.2, 0) is 0 Å². The lowest BCUT2D eigenvalue weighted by Gasteiger charge is -2.21. The van der Waals surface area contributed by atoms with E-state index >= 15 is 0 Å². The van der Waals surface area contributed by atoms with Crippen molar-refractivity contribution >= 4 is 12.2 Å². The van der Waals surface area contributed by atoms with Crippen molar-refractivity contribution in [2.24, 2.45) is 0 Å². The first-order valence-corrected chi connectivity index (χ1v) is 16.3. The van der Waals surface area contributed by atoms with Crippen molar-refractivity contribution in [2.75, 3.05) is 0 Å². The molecule has 2 aliphatic heterocycles. The molecule has 254 valence electrons. The van der Waals surface area contributed by atoms with E-state index in [-0.39, 0.29) is 46.2 Å². The Kier molecular flexibility index (Phi) is 7.60. The summed E-state index contributed by atoms with van der Waals surface area (Å²) < 4.78 is 12.9. The molecule has 2 aliphatic rings. The number of ether oxygens (including phenoxy) is 2. The van der Waals surface area contributed by atoms with Crippen molar-refractivity contribution < 1.29 is 45.2 Å². The molecular formula is C42H32O9. The zero-order valence-electron chi connectivity index (χ0n) is 26.9. The van der Waals surface area contributed by atoms with Gasteiger partial charge in [0.15, 0.2) is 0 Å². The molecule has 0 fully saturated rings. The van der Waals surface area contributed by atoms with Crippen molar-refractivity contribution in [3.63, 3.8) is 0 Å². The summed E-state index contributed by atoms with van der Waals surface area (Å²) in [5.41, 5.74) is 5.57. The summed E-state index contributed by atoms with van der Waals surface area (Å²) in [7, 11) is 0. The van der Waals surface area contributed by atoms with Gasteiger partial charge < -0.3 is 45.2 Å². The second-order valence-electron chi connectivity index (χ2n) is 12.9. The third kappa shape index (κ3) is 5.95. The Bertz CT molecular complexity index is 2270. The van der Waals surface area contributed by atoms with E-state index in [1.54, 1.807) is 66.7 Å². The molecule has 0 amide bonds. The Labute approximate surface area is 292 Å². The van der Waals surface area contributed by atoms with Gasteiger partial charge in [0.1, 0.15) is 64.0 Å². The molecule has 6 aromatic carbocycles. The second kappa shape index (κ2) is 12.3. The molecule has 0 spiro atoms. The molecule has 4 unspecified atom stereocenters. The van der Waals surface area contributed by atoms with Gasteiger partial charge in [-0.2, -0.15) is 0 Å². The minimum absolute atomic E-state index is 0.0240. The van der Waals surface area contributed by atoms with Gasteiger partial charge in [0.05, 0.1) is 11.8 Å². The predicted octanol–water partition coefficient (Wildman–Crippen LogP) is 8.33. The van der Waals surface area contributed by atoms with Gasteiger partial charge in [-0.15, -0.1) is 0 Å². The molecule has 0 bridgehead atoms. The molecule has 9 nitrogen and oxygen atoms in total. The number of hydrogen-bond donors (Lipinski definition) is 7. The lowest BCUT2D eigenvalue weighted by molar-refractivity contribution is 0.222. The summed E-state index contributed by atoms with van der Waals surface area (Å²) in [6.07, 6.45) is 2.62. The lowest BCUT2D eigenvalue weighted by atomic mass is 9.84. The third-order valence-corrected chi connectivity index (χ3v) is 9.42. The first-order valence-electron chi connectivity index (χ1n) is 16.3. The van der Waals surface area contributed by atoms with Crippen LogP contribution in [0.5, 0.6) is 51.7 Å². The summed E-state index contributed by atoms with van der Waals surface area (Å²) in [4.78, 5) is 0. The van der Waals surface area contributed by atoms with Gasteiger partial charge in [-0.3, -0.25) is 0 Å². The number of fused-ring (bicyclic) bond motifs is 2. The van der Waals surface area contributed by atoms with E-state index in [0.29, 0.717) is 33.8 Å². The molecular weight excluding hydrogens is 648 g/mol. The van der Waals surface area contributed by atoms with Crippen molar-refractivity contribution in [1.82, 2.24) is 0 Å². The molecule has 7 N–H and O–H groups in total. The van der Waals surface area contributed by atoms with Crippen LogP contribution in [0.15, 0.2) is 115 Å². The average Bonchev–Trinajstić information content (AvgIpc) is 3.66. The molecule has 6 aromatic rings. The quantitative estimate of drug-likeness (QED) is 0.0858. The molecule has 0 aliphatic carbocycles. The molecule has 0 saturated carbocycles. The first-order chi connectivity index (χ1) is 24.6. The number of hydrogen-bond acceptors (Lipinski definition) is 9. The highest BCUT2D eigenvalue weighted by Crippen LogP contribution is 2.55. The van der Waals surface area contributed by atoms with Crippen LogP contribution in [0.3, 0.4) is 0 Å². The fourth-order valence-corrected chi connectivity index (χ4v) is 7.22. The van der Waals surface area contributed by atoms with Crippen molar-refractivity contribution in [2.45, 2.75) is 24.0 Å².